The summed E-state index contributed by atoms with van der Waals surface area (Å²) in [6.45, 7) is 0.398. The average Bonchev–Trinajstić information content (AvgIpc) is 3.43. The van der Waals surface area contributed by atoms with E-state index in [9.17, 15) is 14.0 Å². The molecule has 4 aromatic rings. The molecule has 2 heterocycles. The number of likely N-dealkylation sites (N-methyl/N-ethyl adjacent to an activating group) is 1. The van der Waals surface area contributed by atoms with Crippen LogP contribution in [0.25, 0.3) is 10.9 Å². The van der Waals surface area contributed by atoms with Crippen LogP contribution < -0.4 is 5.32 Å². The number of H-pyrrole nitrogens is 1. The third kappa shape index (κ3) is 4.95. The van der Waals surface area contributed by atoms with Crippen LogP contribution in [-0.2, 0) is 13.5 Å². The number of halogens is 1. The van der Waals surface area contributed by atoms with Crippen LogP contribution in [-0.4, -0.2) is 51.1 Å². The molecule has 2 aromatic heterocycles. The topological polar surface area (TPSA) is 83.0 Å². The molecule has 0 fully saturated rings. The number of carbonyl (C=O) groups is 2. The molecule has 0 radical (unpaired) electrons. The molecule has 1 atom stereocenters. The second kappa shape index (κ2) is 9.68. The summed E-state index contributed by atoms with van der Waals surface area (Å²) in [4.78, 5) is 27.4. The summed E-state index contributed by atoms with van der Waals surface area (Å²) in [5.74, 6) is -0.893. The van der Waals surface area contributed by atoms with Crippen molar-refractivity contribution < 1.29 is 14.0 Å². The Labute approximate surface area is 191 Å². The van der Waals surface area contributed by atoms with Crippen molar-refractivity contribution in [2.24, 2.45) is 7.05 Å². The number of carbonyl (C=O) groups excluding carboxylic acids is 2. The van der Waals surface area contributed by atoms with Gasteiger partial charge in [0.25, 0.3) is 11.8 Å². The van der Waals surface area contributed by atoms with Gasteiger partial charge in [-0.15, -0.1) is 0 Å². The monoisotopic (exact) mass is 447 g/mol. The summed E-state index contributed by atoms with van der Waals surface area (Å²) in [7, 11) is 3.53. The van der Waals surface area contributed by atoms with Crippen molar-refractivity contribution in [2.45, 2.75) is 18.9 Å². The molecular weight excluding hydrogens is 421 g/mol. The molecule has 7 nitrogen and oxygen atoms in total. The SMILES string of the molecule is CN(C(=O)c1n[nH]c2ccc(F)cc12)C(CCNC(=O)c1cccn1C)Cc1ccccc1. The fourth-order valence-corrected chi connectivity index (χ4v) is 3.94. The van der Waals surface area contributed by atoms with E-state index in [0.29, 0.717) is 36.0 Å². The summed E-state index contributed by atoms with van der Waals surface area (Å²) < 4.78 is 15.5. The van der Waals surface area contributed by atoms with Crippen LogP contribution >= 0.6 is 0 Å². The Morgan fingerprint density at radius 3 is 2.67 bits per heavy atom. The van der Waals surface area contributed by atoms with Crippen LogP contribution in [0.15, 0.2) is 66.9 Å². The lowest BCUT2D eigenvalue weighted by Crippen LogP contribution is -2.41. The van der Waals surface area contributed by atoms with Gasteiger partial charge in [-0.3, -0.25) is 14.7 Å². The molecule has 8 heteroatoms. The Bertz CT molecular complexity index is 1260. The molecule has 1 unspecified atom stereocenters. The molecular formula is C25H26FN5O2. The molecule has 2 aromatic carbocycles. The van der Waals surface area contributed by atoms with Crippen molar-refractivity contribution in [3.63, 3.8) is 0 Å². The van der Waals surface area contributed by atoms with Crippen molar-refractivity contribution in [1.29, 1.82) is 0 Å². The van der Waals surface area contributed by atoms with Crippen LogP contribution in [0.4, 0.5) is 4.39 Å². The second-order valence-electron chi connectivity index (χ2n) is 8.07. The van der Waals surface area contributed by atoms with Gasteiger partial charge in [0.15, 0.2) is 5.69 Å². The number of aromatic nitrogens is 3. The number of amides is 2. The van der Waals surface area contributed by atoms with E-state index in [1.54, 1.807) is 28.6 Å². The molecule has 0 aliphatic heterocycles. The normalized spacial score (nSPS) is 12.0. The van der Waals surface area contributed by atoms with Crippen molar-refractivity contribution in [2.75, 3.05) is 13.6 Å². The molecule has 0 spiro atoms. The zero-order chi connectivity index (χ0) is 23.4. The van der Waals surface area contributed by atoms with E-state index >= 15 is 0 Å². The standard InChI is InChI=1S/C25H26FN5O2/c1-30-14-6-9-22(30)24(32)27-13-12-19(15-17-7-4-3-5-8-17)31(2)25(33)23-20-16-18(26)10-11-21(20)28-29-23/h3-11,14,16,19H,12-13,15H2,1-2H3,(H,27,32)(H,28,29). The van der Waals surface area contributed by atoms with Crippen LogP contribution in [0, 0.1) is 5.82 Å². The summed E-state index contributed by atoms with van der Waals surface area (Å²) in [6.07, 6.45) is 2.97. The summed E-state index contributed by atoms with van der Waals surface area (Å²) in [5, 5.41) is 10.3. The van der Waals surface area contributed by atoms with Crippen LogP contribution in [0.5, 0.6) is 0 Å². The first kappa shape index (κ1) is 22.3. The highest BCUT2D eigenvalue weighted by Gasteiger charge is 2.25. The van der Waals surface area contributed by atoms with Crippen molar-refractivity contribution in [1.82, 2.24) is 25.0 Å². The van der Waals surface area contributed by atoms with Gasteiger partial charge < -0.3 is 14.8 Å². The van der Waals surface area contributed by atoms with E-state index < -0.39 is 5.82 Å². The van der Waals surface area contributed by atoms with Crippen LogP contribution in [0.3, 0.4) is 0 Å². The minimum absolute atomic E-state index is 0.163. The molecule has 0 saturated heterocycles. The number of nitrogens with one attached hydrogen (secondary N) is 2. The van der Waals surface area contributed by atoms with E-state index in [1.165, 1.54) is 12.1 Å². The lowest BCUT2D eigenvalue weighted by atomic mass is 10.0. The van der Waals surface area contributed by atoms with Crippen LogP contribution in [0.1, 0.15) is 33.0 Å². The largest absolute Gasteiger partial charge is 0.351 e. The number of aromatic amines is 1. The van der Waals surface area contributed by atoms with Gasteiger partial charge in [-0.1, -0.05) is 30.3 Å². The summed E-state index contributed by atoms with van der Waals surface area (Å²) >= 11 is 0. The summed E-state index contributed by atoms with van der Waals surface area (Å²) in [5.41, 5.74) is 2.43. The zero-order valence-electron chi connectivity index (χ0n) is 18.6. The first-order valence-corrected chi connectivity index (χ1v) is 10.8. The number of aryl methyl sites for hydroxylation is 1. The van der Waals surface area contributed by atoms with E-state index in [4.69, 9.17) is 0 Å². The molecule has 170 valence electrons. The van der Waals surface area contributed by atoms with Crippen molar-refractivity contribution in [3.05, 3.63) is 89.6 Å². The number of hydrogen-bond acceptors (Lipinski definition) is 3. The van der Waals surface area contributed by atoms with Gasteiger partial charge in [0.1, 0.15) is 11.5 Å². The predicted octanol–water partition coefficient (Wildman–Crippen LogP) is 3.54. The number of rotatable bonds is 8. The number of fused-ring (bicyclic) bond motifs is 1. The molecule has 33 heavy (non-hydrogen) atoms. The third-order valence-corrected chi connectivity index (χ3v) is 5.85. The van der Waals surface area contributed by atoms with E-state index in [2.05, 4.69) is 15.5 Å². The molecule has 0 aliphatic carbocycles. The predicted molar refractivity (Wildman–Crippen MR) is 124 cm³/mol. The zero-order valence-corrected chi connectivity index (χ0v) is 18.6. The van der Waals surface area contributed by atoms with Crippen molar-refractivity contribution >= 4 is 22.7 Å². The second-order valence-corrected chi connectivity index (χ2v) is 8.07. The third-order valence-electron chi connectivity index (χ3n) is 5.85. The number of hydrogen-bond donors (Lipinski definition) is 2. The minimum atomic E-state index is -0.426. The molecule has 0 aliphatic rings. The maximum Gasteiger partial charge on any atom is 0.274 e. The fraction of sp³-hybridized carbons (Fsp3) is 0.240. The Balaban J connectivity index is 1.51. The maximum atomic E-state index is 13.8. The number of benzene rings is 2. The van der Waals surface area contributed by atoms with Gasteiger partial charge in [-0.05, 0) is 48.7 Å². The molecule has 2 amide bonds. The lowest BCUT2D eigenvalue weighted by molar-refractivity contribution is 0.0718. The molecule has 0 saturated carbocycles. The average molecular weight is 448 g/mol. The lowest BCUT2D eigenvalue weighted by Gasteiger charge is -2.28. The molecule has 0 bridgehead atoms. The van der Waals surface area contributed by atoms with Gasteiger partial charge in [0.2, 0.25) is 0 Å². The van der Waals surface area contributed by atoms with E-state index in [1.807, 2.05) is 49.6 Å². The highest BCUT2D eigenvalue weighted by Crippen LogP contribution is 2.20. The Kier molecular flexibility index (Phi) is 6.53. The molecule has 4 rings (SSSR count). The highest BCUT2D eigenvalue weighted by molar-refractivity contribution is 6.04. The Morgan fingerprint density at radius 2 is 1.94 bits per heavy atom. The van der Waals surface area contributed by atoms with Gasteiger partial charge in [0, 0.05) is 38.3 Å². The Hall–Kier alpha value is -3.94. The van der Waals surface area contributed by atoms with Crippen LogP contribution in [0.2, 0.25) is 0 Å². The van der Waals surface area contributed by atoms with Gasteiger partial charge in [-0.2, -0.15) is 5.10 Å². The van der Waals surface area contributed by atoms with Gasteiger partial charge >= 0.3 is 0 Å². The van der Waals surface area contributed by atoms with Gasteiger partial charge in [-0.25, -0.2) is 4.39 Å². The smallest absolute Gasteiger partial charge is 0.274 e. The molecule has 2 N–H and O–H groups in total. The Morgan fingerprint density at radius 1 is 1.15 bits per heavy atom. The van der Waals surface area contributed by atoms with E-state index in [-0.39, 0.29) is 23.6 Å². The van der Waals surface area contributed by atoms with Crippen molar-refractivity contribution in [3.8, 4) is 0 Å². The maximum absolute atomic E-state index is 13.8. The first-order valence-electron chi connectivity index (χ1n) is 10.8. The summed E-state index contributed by atoms with van der Waals surface area (Å²) in [6, 6.07) is 17.4. The van der Waals surface area contributed by atoms with Gasteiger partial charge in [0.05, 0.1) is 5.52 Å². The minimum Gasteiger partial charge on any atom is -0.351 e. The first-order chi connectivity index (χ1) is 15.9. The van der Waals surface area contributed by atoms with E-state index in [0.717, 1.165) is 5.56 Å². The fourth-order valence-electron chi connectivity index (χ4n) is 3.94. The highest BCUT2D eigenvalue weighted by atomic mass is 19.1. The quantitative estimate of drug-likeness (QED) is 0.433. The number of nitrogens with zero attached hydrogens (tertiary/aromatic N) is 3.